The van der Waals surface area contributed by atoms with Gasteiger partial charge in [0.25, 0.3) is 0 Å². The van der Waals surface area contributed by atoms with Crippen LogP contribution in [0, 0.1) is 3.57 Å². The van der Waals surface area contributed by atoms with Crippen LogP contribution >= 0.6 is 57.4 Å². The molecule has 0 atom stereocenters. The fourth-order valence-electron chi connectivity index (χ4n) is 3.52. The fourth-order valence-corrected chi connectivity index (χ4v) is 4.69. The number of benzene rings is 3. The molecule has 0 unspecified atom stereocenters. The first-order valence-corrected chi connectivity index (χ1v) is 13.3. The van der Waals surface area contributed by atoms with Gasteiger partial charge in [0.1, 0.15) is 0 Å². The molecule has 1 aromatic heterocycles. The molecule has 0 amide bonds. The van der Waals surface area contributed by atoms with E-state index in [1.54, 1.807) is 6.20 Å². The summed E-state index contributed by atoms with van der Waals surface area (Å²) in [6, 6.07) is 21.5. The number of nitrogens with zero attached hydrogens (tertiary/aromatic N) is 1. The Kier molecular flexibility index (Phi) is 11.2. The maximum absolute atomic E-state index is 5.86. The third-order valence-corrected chi connectivity index (χ3v) is 6.99. The molecule has 4 aromatic rings. The molecule has 3 N–H and O–H groups in total. The second kappa shape index (κ2) is 14.1. The summed E-state index contributed by atoms with van der Waals surface area (Å²) in [5.74, 6) is 0. The topological polar surface area (TPSA) is 50.9 Å². The normalized spacial score (nSPS) is 11.9. The van der Waals surface area contributed by atoms with E-state index in [0.29, 0.717) is 0 Å². The van der Waals surface area contributed by atoms with Crippen molar-refractivity contribution in [3.05, 3.63) is 103 Å². The van der Waals surface area contributed by atoms with Gasteiger partial charge in [0, 0.05) is 42.5 Å². The number of nitrogens with one attached hydrogen (secondary N) is 1. The lowest BCUT2D eigenvalue weighted by Crippen LogP contribution is -2.11. The summed E-state index contributed by atoms with van der Waals surface area (Å²) in [6.45, 7) is 1.83. The summed E-state index contributed by atoms with van der Waals surface area (Å²) in [7, 11) is 0. The Morgan fingerprint density at radius 2 is 1.65 bits per heavy atom. The zero-order chi connectivity index (χ0) is 24.3. The van der Waals surface area contributed by atoms with Crippen molar-refractivity contribution in [2.45, 2.75) is 25.7 Å². The molecule has 1 aliphatic heterocycles. The van der Waals surface area contributed by atoms with E-state index >= 15 is 0 Å². The van der Waals surface area contributed by atoms with Crippen LogP contribution in [0.2, 0.25) is 15.1 Å². The van der Waals surface area contributed by atoms with E-state index in [1.807, 2.05) is 60.7 Å². The van der Waals surface area contributed by atoms with Gasteiger partial charge < -0.3 is 11.1 Å². The summed E-state index contributed by atoms with van der Waals surface area (Å²) in [5, 5.41) is 6.82. The molecule has 0 spiro atoms. The summed E-state index contributed by atoms with van der Waals surface area (Å²) >= 11 is 19.8. The molecule has 0 saturated heterocycles. The predicted octanol–water partition coefficient (Wildman–Crippen LogP) is 8.42. The lowest BCUT2D eigenvalue weighted by molar-refractivity contribution is 0.829. The number of fused-ring (bicyclic) bond motifs is 2. The molecule has 7 heteroatoms. The molecule has 0 bridgehead atoms. The van der Waals surface area contributed by atoms with Gasteiger partial charge in [-0.15, -0.1) is 0 Å². The molecule has 178 valence electrons. The van der Waals surface area contributed by atoms with E-state index in [4.69, 9.17) is 40.5 Å². The van der Waals surface area contributed by atoms with E-state index in [-0.39, 0.29) is 0 Å². The number of halogens is 4. The molecule has 1 aliphatic rings. The average molecular weight is 627 g/mol. The van der Waals surface area contributed by atoms with Gasteiger partial charge in [-0.2, -0.15) is 0 Å². The van der Waals surface area contributed by atoms with E-state index in [2.05, 4.69) is 39.0 Å². The van der Waals surface area contributed by atoms with Crippen LogP contribution in [-0.2, 0) is 12.8 Å². The van der Waals surface area contributed by atoms with E-state index in [9.17, 15) is 0 Å². The maximum atomic E-state index is 5.86. The molecule has 0 fully saturated rings. The predicted molar refractivity (Wildman–Crippen MR) is 157 cm³/mol. The van der Waals surface area contributed by atoms with Crippen LogP contribution in [0.4, 0.5) is 5.69 Å². The summed E-state index contributed by atoms with van der Waals surface area (Å²) in [6.07, 6.45) is 6.19. The second-order valence-corrected chi connectivity index (χ2v) is 10.3. The van der Waals surface area contributed by atoms with Crippen LogP contribution in [-0.4, -0.2) is 18.1 Å². The zero-order valence-electron chi connectivity index (χ0n) is 18.7. The van der Waals surface area contributed by atoms with Crippen LogP contribution in [0.25, 0.3) is 10.9 Å². The van der Waals surface area contributed by atoms with Gasteiger partial charge in [-0.1, -0.05) is 40.9 Å². The zero-order valence-corrected chi connectivity index (χ0v) is 23.1. The molecule has 5 rings (SSSR count). The van der Waals surface area contributed by atoms with Crippen molar-refractivity contribution in [2.24, 2.45) is 5.73 Å². The first-order valence-electron chi connectivity index (χ1n) is 11.1. The van der Waals surface area contributed by atoms with E-state index in [0.717, 1.165) is 58.3 Å². The monoisotopic (exact) mass is 625 g/mol. The third kappa shape index (κ3) is 8.58. The molecule has 0 saturated carbocycles. The Bertz CT molecular complexity index is 1220. The Hall–Kier alpha value is -1.57. The highest BCUT2D eigenvalue weighted by Crippen LogP contribution is 2.24. The van der Waals surface area contributed by atoms with E-state index < -0.39 is 0 Å². The molecular formula is C27H27Cl3IN3. The standard InChI is InChI=1S/C9H11ClIN.C9H10ClN.C9H6ClN/c10-8-3-4-9(11)7(6-8)2-1-5-12;2*10-8-3-4-9-7(6-8)2-1-5-11-9/h3-4,6H,1-2,5,12H2;3-4,6,11H,1-2,5H2;1-6H. The van der Waals surface area contributed by atoms with Crippen LogP contribution in [0.3, 0.4) is 0 Å². The maximum Gasteiger partial charge on any atom is 0.0702 e. The van der Waals surface area contributed by atoms with Crippen molar-refractivity contribution in [3.63, 3.8) is 0 Å². The van der Waals surface area contributed by atoms with Crippen molar-refractivity contribution in [1.82, 2.24) is 4.98 Å². The Morgan fingerprint density at radius 1 is 0.912 bits per heavy atom. The van der Waals surface area contributed by atoms with Gasteiger partial charge in [-0.05, 0) is 127 Å². The molecule has 3 nitrogen and oxygen atoms in total. The van der Waals surface area contributed by atoms with Crippen LogP contribution < -0.4 is 11.1 Å². The van der Waals surface area contributed by atoms with Crippen molar-refractivity contribution in [1.29, 1.82) is 0 Å². The highest BCUT2D eigenvalue weighted by atomic mass is 127. The van der Waals surface area contributed by atoms with Crippen LogP contribution in [0.5, 0.6) is 0 Å². The van der Waals surface area contributed by atoms with Gasteiger partial charge in [0.05, 0.1) is 5.52 Å². The van der Waals surface area contributed by atoms with E-state index in [1.165, 1.54) is 26.8 Å². The summed E-state index contributed by atoms with van der Waals surface area (Å²) in [4.78, 5) is 4.16. The number of rotatable bonds is 3. The van der Waals surface area contributed by atoms with Gasteiger partial charge in [-0.25, -0.2) is 0 Å². The Labute approximate surface area is 230 Å². The lowest BCUT2D eigenvalue weighted by atomic mass is 10.0. The molecule has 3 aromatic carbocycles. The number of aryl methyl sites for hydroxylation is 2. The van der Waals surface area contributed by atoms with Gasteiger partial charge in [0.15, 0.2) is 0 Å². The fraction of sp³-hybridized carbons (Fsp3) is 0.222. The number of aromatic nitrogens is 1. The number of nitrogens with two attached hydrogens (primary N) is 1. The molecule has 2 heterocycles. The van der Waals surface area contributed by atoms with Gasteiger partial charge >= 0.3 is 0 Å². The largest absolute Gasteiger partial charge is 0.385 e. The molecule has 0 aliphatic carbocycles. The lowest BCUT2D eigenvalue weighted by Gasteiger charge is -2.17. The highest BCUT2D eigenvalue weighted by molar-refractivity contribution is 14.1. The van der Waals surface area contributed by atoms with Gasteiger partial charge in [-0.3, -0.25) is 4.98 Å². The van der Waals surface area contributed by atoms with Crippen LogP contribution in [0.15, 0.2) is 72.9 Å². The van der Waals surface area contributed by atoms with Crippen molar-refractivity contribution < 1.29 is 0 Å². The Balaban J connectivity index is 0.000000143. The van der Waals surface area contributed by atoms with Crippen molar-refractivity contribution in [2.75, 3.05) is 18.4 Å². The molecule has 34 heavy (non-hydrogen) atoms. The minimum atomic E-state index is 0.739. The van der Waals surface area contributed by atoms with Gasteiger partial charge in [0.2, 0.25) is 0 Å². The van der Waals surface area contributed by atoms with Crippen molar-refractivity contribution in [3.8, 4) is 0 Å². The summed E-state index contributed by atoms with van der Waals surface area (Å²) in [5.41, 5.74) is 10.3. The minimum absolute atomic E-state index is 0.739. The molecule has 0 radical (unpaired) electrons. The number of hydrogen-bond acceptors (Lipinski definition) is 3. The second-order valence-electron chi connectivity index (χ2n) is 7.80. The first-order chi connectivity index (χ1) is 16.5. The first kappa shape index (κ1) is 27.0. The van der Waals surface area contributed by atoms with Crippen LogP contribution in [0.1, 0.15) is 24.0 Å². The Morgan fingerprint density at radius 3 is 2.47 bits per heavy atom. The SMILES string of the molecule is Clc1ccc2c(c1)CCCN2.Clc1ccc2ncccc2c1.NCCCc1cc(Cl)ccc1I. The smallest absolute Gasteiger partial charge is 0.0702 e. The molecular weight excluding hydrogens is 600 g/mol. The quantitative estimate of drug-likeness (QED) is 0.225. The number of pyridine rings is 1. The number of hydrogen-bond donors (Lipinski definition) is 2. The number of anilines is 1. The minimum Gasteiger partial charge on any atom is -0.385 e. The average Bonchev–Trinajstić information content (AvgIpc) is 2.85. The van der Waals surface area contributed by atoms with Crippen molar-refractivity contribution >= 4 is 74.0 Å². The highest BCUT2D eigenvalue weighted by Gasteiger charge is 2.07. The third-order valence-electron chi connectivity index (χ3n) is 5.23. The summed E-state index contributed by atoms with van der Waals surface area (Å²) < 4.78 is 1.27.